The van der Waals surface area contributed by atoms with Crippen LogP contribution in [0.25, 0.3) is 0 Å². The Balaban J connectivity index is 1.89. The van der Waals surface area contributed by atoms with E-state index in [9.17, 15) is 0 Å². The molecule has 0 spiro atoms. The summed E-state index contributed by atoms with van der Waals surface area (Å²) in [6.07, 6.45) is 3.93. The van der Waals surface area contributed by atoms with E-state index in [1.54, 1.807) is 0 Å². The summed E-state index contributed by atoms with van der Waals surface area (Å²) in [5.74, 6) is 0. The van der Waals surface area contributed by atoms with Crippen molar-refractivity contribution in [1.29, 1.82) is 0 Å². The molecule has 1 atom stereocenters. The van der Waals surface area contributed by atoms with Gasteiger partial charge in [0.1, 0.15) is 0 Å². The van der Waals surface area contributed by atoms with Gasteiger partial charge in [0, 0.05) is 37.9 Å². The van der Waals surface area contributed by atoms with Gasteiger partial charge in [0.05, 0.1) is 6.20 Å². The van der Waals surface area contributed by atoms with Crippen molar-refractivity contribution < 1.29 is 0 Å². The third-order valence-corrected chi connectivity index (χ3v) is 2.95. The summed E-state index contributed by atoms with van der Waals surface area (Å²) in [5.41, 5.74) is 8.58. The Morgan fingerprint density at radius 1 is 1.33 bits per heavy atom. The van der Waals surface area contributed by atoms with Crippen LogP contribution in [0.3, 0.4) is 0 Å². The lowest BCUT2D eigenvalue weighted by Crippen LogP contribution is -2.28. The lowest BCUT2D eigenvalue weighted by Gasteiger charge is -2.20. The maximum absolute atomic E-state index is 6.19. The normalized spacial score (nSPS) is 12.9. The maximum atomic E-state index is 6.19. The first kappa shape index (κ1) is 12.8. The molecule has 1 aromatic carbocycles. The third-order valence-electron chi connectivity index (χ3n) is 2.95. The highest BCUT2D eigenvalue weighted by molar-refractivity contribution is 5.18. The molecule has 1 aromatic heterocycles. The highest BCUT2D eigenvalue weighted by Gasteiger charge is 2.09. The first-order chi connectivity index (χ1) is 8.65. The average Bonchev–Trinajstić information content (AvgIpc) is 2.75. The van der Waals surface area contributed by atoms with Crippen molar-refractivity contribution in [2.45, 2.75) is 12.6 Å². The quantitative estimate of drug-likeness (QED) is 0.868. The van der Waals surface area contributed by atoms with E-state index in [0.717, 1.165) is 13.1 Å². The number of aryl methyl sites for hydroxylation is 1. The van der Waals surface area contributed by atoms with Gasteiger partial charge in [-0.1, -0.05) is 30.3 Å². The number of hydrogen-bond acceptors (Lipinski definition) is 3. The van der Waals surface area contributed by atoms with Gasteiger partial charge in [-0.3, -0.25) is 4.68 Å². The highest BCUT2D eigenvalue weighted by Crippen LogP contribution is 2.11. The van der Waals surface area contributed by atoms with E-state index in [1.807, 2.05) is 42.3 Å². The molecule has 18 heavy (non-hydrogen) atoms. The molecular formula is C14H20N4. The average molecular weight is 244 g/mol. The largest absolute Gasteiger partial charge is 0.323 e. The van der Waals surface area contributed by atoms with Crippen LogP contribution in [-0.4, -0.2) is 28.3 Å². The Morgan fingerprint density at radius 2 is 2.06 bits per heavy atom. The summed E-state index contributed by atoms with van der Waals surface area (Å²) in [7, 11) is 4.01. The molecule has 4 heteroatoms. The summed E-state index contributed by atoms with van der Waals surface area (Å²) in [6, 6.07) is 10.3. The Hall–Kier alpha value is -1.65. The third kappa shape index (κ3) is 3.42. The van der Waals surface area contributed by atoms with E-state index >= 15 is 0 Å². The Labute approximate surface area is 108 Å². The lowest BCUT2D eigenvalue weighted by molar-refractivity contribution is 0.305. The molecule has 0 fully saturated rings. The zero-order chi connectivity index (χ0) is 13.0. The van der Waals surface area contributed by atoms with E-state index in [0.29, 0.717) is 0 Å². The summed E-state index contributed by atoms with van der Waals surface area (Å²) < 4.78 is 1.82. The molecule has 4 nitrogen and oxygen atoms in total. The van der Waals surface area contributed by atoms with E-state index in [2.05, 4.69) is 29.2 Å². The molecule has 0 amide bonds. The van der Waals surface area contributed by atoms with Crippen molar-refractivity contribution in [3.63, 3.8) is 0 Å². The van der Waals surface area contributed by atoms with Crippen molar-refractivity contribution >= 4 is 0 Å². The maximum Gasteiger partial charge on any atom is 0.0534 e. The van der Waals surface area contributed by atoms with Crippen LogP contribution in [-0.2, 0) is 13.6 Å². The van der Waals surface area contributed by atoms with Crippen molar-refractivity contribution in [2.75, 3.05) is 13.6 Å². The van der Waals surface area contributed by atoms with Crippen LogP contribution in [0.2, 0.25) is 0 Å². The van der Waals surface area contributed by atoms with Crippen LogP contribution in [0, 0.1) is 0 Å². The molecule has 2 rings (SSSR count). The monoisotopic (exact) mass is 244 g/mol. The number of aromatic nitrogens is 2. The first-order valence-corrected chi connectivity index (χ1v) is 6.12. The molecule has 0 bridgehead atoms. The number of rotatable bonds is 5. The molecule has 0 aliphatic rings. The summed E-state index contributed by atoms with van der Waals surface area (Å²) in [6.45, 7) is 1.70. The van der Waals surface area contributed by atoms with Gasteiger partial charge in [-0.05, 0) is 12.6 Å². The predicted molar refractivity (Wildman–Crippen MR) is 72.9 cm³/mol. The molecule has 1 unspecified atom stereocenters. The molecule has 0 aliphatic heterocycles. The van der Waals surface area contributed by atoms with Crippen LogP contribution < -0.4 is 5.73 Å². The molecule has 0 aliphatic carbocycles. The zero-order valence-corrected chi connectivity index (χ0v) is 11.0. The summed E-state index contributed by atoms with van der Waals surface area (Å²) in [5, 5.41) is 4.17. The molecule has 0 saturated carbocycles. The number of benzene rings is 1. The predicted octanol–water partition coefficient (Wildman–Crippen LogP) is 1.55. The van der Waals surface area contributed by atoms with Gasteiger partial charge in [-0.25, -0.2) is 0 Å². The Bertz CT molecular complexity index is 478. The number of hydrogen-bond donors (Lipinski definition) is 1. The molecule has 2 N–H and O–H groups in total. The molecule has 1 heterocycles. The fraction of sp³-hybridized carbons (Fsp3) is 0.357. The molecule has 96 valence electrons. The van der Waals surface area contributed by atoms with Gasteiger partial charge in [-0.15, -0.1) is 0 Å². The SMILES string of the molecule is CN(Cc1cnn(C)c1)CC(N)c1ccccc1. The van der Waals surface area contributed by atoms with E-state index in [-0.39, 0.29) is 6.04 Å². The Kier molecular flexibility index (Phi) is 4.12. The number of nitrogens with two attached hydrogens (primary N) is 1. The molecule has 0 saturated heterocycles. The fourth-order valence-electron chi connectivity index (χ4n) is 2.07. The first-order valence-electron chi connectivity index (χ1n) is 6.12. The van der Waals surface area contributed by atoms with Crippen LogP contribution in [0.4, 0.5) is 0 Å². The van der Waals surface area contributed by atoms with E-state index in [4.69, 9.17) is 5.73 Å². The van der Waals surface area contributed by atoms with Gasteiger partial charge < -0.3 is 10.6 Å². The fourth-order valence-corrected chi connectivity index (χ4v) is 2.07. The minimum Gasteiger partial charge on any atom is -0.323 e. The van der Waals surface area contributed by atoms with E-state index in [1.165, 1.54) is 11.1 Å². The topological polar surface area (TPSA) is 47.1 Å². The van der Waals surface area contributed by atoms with Crippen LogP contribution in [0.5, 0.6) is 0 Å². The smallest absolute Gasteiger partial charge is 0.0534 e. The van der Waals surface area contributed by atoms with Crippen LogP contribution >= 0.6 is 0 Å². The van der Waals surface area contributed by atoms with Gasteiger partial charge in [-0.2, -0.15) is 5.10 Å². The summed E-state index contributed by atoms with van der Waals surface area (Å²) >= 11 is 0. The number of nitrogens with zero attached hydrogens (tertiary/aromatic N) is 3. The second-order valence-corrected chi connectivity index (χ2v) is 4.74. The second-order valence-electron chi connectivity index (χ2n) is 4.74. The summed E-state index contributed by atoms with van der Waals surface area (Å²) in [4.78, 5) is 2.22. The van der Waals surface area contributed by atoms with Gasteiger partial charge >= 0.3 is 0 Å². The van der Waals surface area contributed by atoms with Crippen molar-refractivity contribution in [2.24, 2.45) is 12.8 Å². The van der Waals surface area contributed by atoms with E-state index < -0.39 is 0 Å². The minimum atomic E-state index is 0.0490. The van der Waals surface area contributed by atoms with Crippen molar-refractivity contribution in [1.82, 2.24) is 14.7 Å². The van der Waals surface area contributed by atoms with Gasteiger partial charge in [0.2, 0.25) is 0 Å². The Morgan fingerprint density at radius 3 is 2.67 bits per heavy atom. The minimum absolute atomic E-state index is 0.0490. The second kappa shape index (κ2) is 5.80. The standard InChI is InChI=1S/C14H20N4/c1-17(9-12-8-16-18(2)10-12)11-14(15)13-6-4-3-5-7-13/h3-8,10,14H,9,11,15H2,1-2H3. The molecular weight excluding hydrogens is 224 g/mol. The number of likely N-dealkylation sites (N-methyl/N-ethyl adjacent to an activating group) is 1. The van der Waals surface area contributed by atoms with Crippen LogP contribution in [0.15, 0.2) is 42.7 Å². The van der Waals surface area contributed by atoms with Gasteiger partial charge in [0.15, 0.2) is 0 Å². The molecule has 0 radical (unpaired) electrons. The molecule has 2 aromatic rings. The van der Waals surface area contributed by atoms with Crippen molar-refractivity contribution in [3.8, 4) is 0 Å². The zero-order valence-electron chi connectivity index (χ0n) is 11.0. The van der Waals surface area contributed by atoms with Gasteiger partial charge in [0.25, 0.3) is 0 Å². The lowest BCUT2D eigenvalue weighted by atomic mass is 10.1. The van der Waals surface area contributed by atoms with Crippen molar-refractivity contribution in [3.05, 3.63) is 53.9 Å². The highest BCUT2D eigenvalue weighted by atomic mass is 15.2. The van der Waals surface area contributed by atoms with Crippen LogP contribution in [0.1, 0.15) is 17.2 Å².